The lowest BCUT2D eigenvalue weighted by Gasteiger charge is -2.52. The van der Waals surface area contributed by atoms with Gasteiger partial charge in [-0.25, -0.2) is 13.8 Å². The Balaban J connectivity index is 1.62. The number of rotatable bonds is 4. The maximum atomic E-state index is 13.2. The Morgan fingerprint density at radius 1 is 1.15 bits per heavy atom. The predicted octanol–water partition coefficient (Wildman–Crippen LogP) is 4.58. The van der Waals surface area contributed by atoms with Gasteiger partial charge in [0.2, 0.25) is 5.95 Å². The van der Waals surface area contributed by atoms with Gasteiger partial charge in [-0.05, 0) is 21.2 Å². The molecule has 153 valence electrons. The topological polar surface area (TPSA) is 41.5 Å². The van der Waals surface area contributed by atoms with E-state index in [4.69, 9.17) is 16.0 Å². The zero-order chi connectivity index (χ0) is 20.0. The van der Waals surface area contributed by atoms with Gasteiger partial charge < -0.3 is 14.2 Å². The minimum atomic E-state index is -2.64. The Morgan fingerprint density at radius 3 is 2.26 bits per heavy atom. The van der Waals surface area contributed by atoms with Gasteiger partial charge in [0.15, 0.2) is 0 Å². The number of hydrogen-bond acceptors (Lipinski definition) is 5. The van der Waals surface area contributed by atoms with Crippen molar-refractivity contribution in [1.82, 2.24) is 9.97 Å². The zero-order valence-corrected chi connectivity index (χ0v) is 18.5. The van der Waals surface area contributed by atoms with Crippen molar-refractivity contribution >= 4 is 31.7 Å². The molecule has 2 aliphatic rings. The Bertz CT molecular complexity index is 682. The third-order valence-electron chi connectivity index (χ3n) is 5.83. The Hall–Kier alpha value is -0.993. The summed E-state index contributed by atoms with van der Waals surface area (Å²) >= 11 is 6.12. The van der Waals surface area contributed by atoms with Crippen molar-refractivity contribution in [2.75, 3.05) is 36.0 Å². The number of anilines is 2. The number of halogens is 3. The monoisotopic (exact) mass is 418 g/mol. The Kier molecular flexibility index (Phi) is 5.46. The molecular weight excluding hydrogens is 390 g/mol. The second-order valence-corrected chi connectivity index (χ2v) is 14.3. The van der Waals surface area contributed by atoms with E-state index in [9.17, 15) is 8.78 Å². The van der Waals surface area contributed by atoms with E-state index in [1.165, 1.54) is 4.90 Å². The fourth-order valence-corrected chi connectivity index (χ4v) is 4.73. The molecule has 0 aromatic carbocycles. The van der Waals surface area contributed by atoms with Gasteiger partial charge in [-0.15, -0.1) is 18.1 Å². The van der Waals surface area contributed by atoms with Crippen LogP contribution in [0.4, 0.5) is 20.5 Å². The molecule has 2 fully saturated rings. The minimum absolute atomic E-state index is 0.189. The molecule has 1 aromatic heterocycles. The zero-order valence-electron chi connectivity index (χ0n) is 16.7. The molecule has 0 radical (unpaired) electrons. The van der Waals surface area contributed by atoms with Crippen LogP contribution in [0.1, 0.15) is 33.6 Å². The summed E-state index contributed by atoms with van der Waals surface area (Å²) in [5.41, 5.74) is 0. The van der Waals surface area contributed by atoms with Crippen LogP contribution in [0.3, 0.4) is 0 Å². The largest absolute Gasteiger partial charge is 0.562 e. The highest BCUT2D eigenvalue weighted by Crippen LogP contribution is 2.38. The summed E-state index contributed by atoms with van der Waals surface area (Å²) in [6.45, 7) is 12.2. The van der Waals surface area contributed by atoms with Crippen LogP contribution in [-0.2, 0) is 4.43 Å². The first-order chi connectivity index (χ1) is 12.4. The lowest BCUT2D eigenvalue weighted by molar-refractivity contribution is -0.0267. The number of nitrogens with zero attached hydrogens (tertiary/aromatic N) is 4. The second kappa shape index (κ2) is 7.11. The van der Waals surface area contributed by atoms with E-state index >= 15 is 0 Å². The van der Waals surface area contributed by atoms with E-state index in [2.05, 4.69) is 48.7 Å². The SMILES string of the molecule is CC(C)(C)[Si-](C)(C)OC1CCN(c2nc(Cl)cc(N3CC(F)(F)C3)n2)CC1. The summed E-state index contributed by atoms with van der Waals surface area (Å²) in [5, 5.41) is 0.471. The summed E-state index contributed by atoms with van der Waals surface area (Å²) in [6.07, 6.45) is 2.05. The maximum Gasteiger partial charge on any atom is 0.282 e. The molecule has 2 aliphatic heterocycles. The molecule has 0 N–H and O–H groups in total. The number of aromatic nitrogens is 2. The number of piperidine rings is 1. The molecule has 0 aliphatic carbocycles. The van der Waals surface area contributed by atoms with E-state index in [1.54, 1.807) is 6.07 Å². The Labute approximate surface area is 166 Å². The van der Waals surface area contributed by atoms with Gasteiger partial charge in [0, 0.05) is 25.3 Å². The molecule has 5 nitrogen and oxygen atoms in total. The minimum Gasteiger partial charge on any atom is -0.562 e. The highest BCUT2D eigenvalue weighted by Gasteiger charge is 2.44. The average Bonchev–Trinajstić information content (AvgIpc) is 2.51. The van der Waals surface area contributed by atoms with E-state index in [-0.39, 0.29) is 29.4 Å². The molecule has 3 rings (SSSR count). The first-order valence-corrected chi connectivity index (χ1v) is 12.8. The van der Waals surface area contributed by atoms with E-state index in [1.807, 2.05) is 0 Å². The van der Waals surface area contributed by atoms with Gasteiger partial charge in [-0.1, -0.05) is 32.4 Å². The van der Waals surface area contributed by atoms with Crippen LogP contribution in [0.5, 0.6) is 0 Å². The third-order valence-corrected chi connectivity index (χ3v) is 10.6. The van der Waals surface area contributed by atoms with Gasteiger partial charge in [0.05, 0.1) is 13.1 Å². The second-order valence-electron chi connectivity index (χ2n) is 9.13. The smallest absolute Gasteiger partial charge is 0.282 e. The number of hydrogen-bond donors (Lipinski definition) is 0. The highest BCUT2D eigenvalue weighted by molar-refractivity contribution is 6.74. The molecular formula is C18H29ClF2N4OSi-. The fraction of sp³-hybridized carbons (Fsp3) is 0.778. The highest BCUT2D eigenvalue weighted by atomic mass is 35.5. The maximum absolute atomic E-state index is 13.2. The summed E-state index contributed by atoms with van der Waals surface area (Å²) in [7, 11) is -1.79. The molecule has 0 atom stereocenters. The molecule has 0 saturated carbocycles. The molecule has 3 heterocycles. The molecule has 0 unspecified atom stereocenters. The van der Waals surface area contributed by atoms with Crippen molar-refractivity contribution in [3.63, 3.8) is 0 Å². The first kappa shape index (κ1) is 20.7. The van der Waals surface area contributed by atoms with Crippen LogP contribution in [0.2, 0.25) is 23.3 Å². The van der Waals surface area contributed by atoms with Crippen LogP contribution < -0.4 is 9.80 Å². The van der Waals surface area contributed by atoms with Gasteiger partial charge in [-0.3, -0.25) is 0 Å². The van der Waals surface area contributed by atoms with Gasteiger partial charge >= 0.3 is 0 Å². The van der Waals surface area contributed by atoms with Crippen LogP contribution in [0, 0.1) is 0 Å². The summed E-state index contributed by atoms with van der Waals surface area (Å²) < 4.78 is 32.8. The van der Waals surface area contributed by atoms with E-state index in [0.717, 1.165) is 25.9 Å². The van der Waals surface area contributed by atoms with Crippen LogP contribution in [0.15, 0.2) is 6.07 Å². The quantitative estimate of drug-likeness (QED) is 0.529. The van der Waals surface area contributed by atoms with Crippen molar-refractivity contribution in [3.8, 4) is 0 Å². The molecule has 27 heavy (non-hydrogen) atoms. The Morgan fingerprint density at radius 2 is 1.74 bits per heavy atom. The van der Waals surface area contributed by atoms with Crippen LogP contribution >= 0.6 is 11.6 Å². The van der Waals surface area contributed by atoms with Gasteiger partial charge in [0.25, 0.3) is 5.92 Å². The molecule has 0 bridgehead atoms. The normalized spacial score (nSPS) is 21.3. The standard InChI is InChI=1S/C18H29ClF2N4OSi/c1-17(2,3)27(4,5)26-13-6-8-24(9-7-13)16-22-14(19)10-15(23-16)25-11-18(20,21)12-25/h10,13H,6-9,11-12H2,1-5H3/q-1. The fourth-order valence-electron chi connectivity index (χ4n) is 3.14. The molecule has 9 heteroatoms. The first-order valence-electron chi connectivity index (χ1n) is 9.46. The van der Waals surface area contributed by atoms with Crippen molar-refractivity contribution in [3.05, 3.63) is 11.2 Å². The average molecular weight is 419 g/mol. The van der Waals surface area contributed by atoms with E-state index < -0.39 is 14.2 Å². The number of alkyl halides is 2. The molecule has 0 spiro atoms. The van der Waals surface area contributed by atoms with Gasteiger partial charge in [0.1, 0.15) is 11.0 Å². The third kappa shape index (κ3) is 4.71. The van der Waals surface area contributed by atoms with Crippen molar-refractivity contribution in [2.24, 2.45) is 0 Å². The summed E-state index contributed by atoms with van der Waals surface area (Å²) in [6, 6.07) is 1.55. The molecule has 2 saturated heterocycles. The summed E-state index contributed by atoms with van der Waals surface area (Å²) in [5.74, 6) is -1.66. The van der Waals surface area contributed by atoms with Crippen LogP contribution in [0.25, 0.3) is 0 Å². The lowest BCUT2D eigenvalue weighted by atomic mass is 10.1. The van der Waals surface area contributed by atoms with Gasteiger partial charge in [-0.2, -0.15) is 4.98 Å². The molecule has 1 aromatic rings. The predicted molar refractivity (Wildman–Crippen MR) is 108 cm³/mol. The van der Waals surface area contributed by atoms with Crippen LogP contribution in [-0.4, -0.2) is 56.5 Å². The van der Waals surface area contributed by atoms with Crippen molar-refractivity contribution in [2.45, 2.75) is 63.8 Å². The summed E-state index contributed by atoms with van der Waals surface area (Å²) in [4.78, 5) is 12.4. The van der Waals surface area contributed by atoms with Crippen molar-refractivity contribution in [1.29, 1.82) is 0 Å². The lowest BCUT2D eigenvalue weighted by Crippen LogP contribution is -2.56. The van der Waals surface area contributed by atoms with Crippen molar-refractivity contribution < 1.29 is 13.2 Å². The molecule has 0 amide bonds. The van der Waals surface area contributed by atoms with E-state index in [0.29, 0.717) is 11.8 Å².